The molecule has 1 saturated carbocycles. The Labute approximate surface area is 137 Å². The number of aryl methyl sites for hydroxylation is 1. The minimum atomic E-state index is -0.0613. The second-order valence-electron chi connectivity index (χ2n) is 6.72. The fraction of sp³-hybridized carbons (Fsp3) is 0.647. The van der Waals surface area contributed by atoms with E-state index in [0.717, 1.165) is 30.4 Å². The zero-order valence-electron chi connectivity index (χ0n) is 14.0. The van der Waals surface area contributed by atoms with Crippen LogP contribution in [0.25, 0.3) is 0 Å². The molecule has 2 aliphatic rings. The van der Waals surface area contributed by atoms with E-state index in [1.54, 1.807) is 6.20 Å². The van der Waals surface area contributed by atoms with E-state index in [1.165, 1.54) is 12.8 Å². The highest BCUT2D eigenvalue weighted by molar-refractivity contribution is 5.89. The Balaban J connectivity index is 1.49. The van der Waals surface area contributed by atoms with E-state index < -0.39 is 0 Å². The van der Waals surface area contributed by atoms with Crippen LogP contribution in [0.2, 0.25) is 0 Å². The van der Waals surface area contributed by atoms with Crippen molar-refractivity contribution in [1.82, 2.24) is 14.8 Å². The molecule has 2 heterocycles. The first kappa shape index (κ1) is 16.2. The number of morpholine rings is 1. The number of pyridine rings is 1. The van der Waals surface area contributed by atoms with Crippen LogP contribution < -0.4 is 5.32 Å². The van der Waals surface area contributed by atoms with Crippen LogP contribution in [0.5, 0.6) is 0 Å². The molecule has 1 atom stereocenters. The minimum Gasteiger partial charge on any atom is -0.373 e. The summed E-state index contributed by atoms with van der Waals surface area (Å²) in [7, 11) is 2.14. The van der Waals surface area contributed by atoms with Gasteiger partial charge in [-0.2, -0.15) is 0 Å². The smallest absolute Gasteiger partial charge is 0.322 e. The summed E-state index contributed by atoms with van der Waals surface area (Å²) in [6, 6.07) is 3.62. The maximum absolute atomic E-state index is 12.4. The van der Waals surface area contributed by atoms with E-state index in [9.17, 15) is 4.79 Å². The van der Waals surface area contributed by atoms with E-state index in [4.69, 9.17) is 4.74 Å². The molecule has 1 aromatic heterocycles. The summed E-state index contributed by atoms with van der Waals surface area (Å²) < 4.78 is 5.83. The van der Waals surface area contributed by atoms with Gasteiger partial charge in [0, 0.05) is 43.8 Å². The number of hydrogen-bond acceptors (Lipinski definition) is 4. The Morgan fingerprint density at radius 3 is 3.04 bits per heavy atom. The number of ether oxygens (including phenoxy) is 1. The summed E-state index contributed by atoms with van der Waals surface area (Å²) in [5.74, 6) is 0.873. The van der Waals surface area contributed by atoms with Crippen molar-refractivity contribution in [3.05, 3.63) is 24.0 Å². The zero-order chi connectivity index (χ0) is 16.2. The molecule has 23 heavy (non-hydrogen) atoms. The number of nitrogens with one attached hydrogen (secondary N) is 1. The Morgan fingerprint density at radius 1 is 1.48 bits per heavy atom. The second kappa shape index (κ2) is 7.27. The van der Waals surface area contributed by atoms with Crippen molar-refractivity contribution >= 4 is 11.7 Å². The van der Waals surface area contributed by atoms with Crippen molar-refractivity contribution in [3.8, 4) is 0 Å². The lowest BCUT2D eigenvalue weighted by molar-refractivity contribution is -0.0261. The first-order valence-electron chi connectivity index (χ1n) is 8.39. The molecule has 1 aliphatic heterocycles. The third-order valence-corrected chi connectivity index (χ3v) is 4.36. The SMILES string of the molecule is Cc1cc(NC(=O)N2CCO[C@H](CN(C)CC3CC3)C2)ccn1. The van der Waals surface area contributed by atoms with Crippen molar-refractivity contribution in [1.29, 1.82) is 0 Å². The van der Waals surface area contributed by atoms with Gasteiger partial charge in [-0.3, -0.25) is 4.98 Å². The Hall–Kier alpha value is -1.66. The highest BCUT2D eigenvalue weighted by Gasteiger charge is 2.27. The summed E-state index contributed by atoms with van der Waals surface area (Å²) in [6.45, 7) is 5.82. The molecule has 126 valence electrons. The molecule has 2 fully saturated rings. The number of rotatable bonds is 5. The van der Waals surface area contributed by atoms with Crippen LogP contribution in [0.4, 0.5) is 10.5 Å². The van der Waals surface area contributed by atoms with Crippen molar-refractivity contribution in [2.24, 2.45) is 5.92 Å². The summed E-state index contributed by atoms with van der Waals surface area (Å²) in [6.07, 6.45) is 4.52. The summed E-state index contributed by atoms with van der Waals surface area (Å²) in [5, 5.41) is 2.95. The minimum absolute atomic E-state index is 0.0613. The molecule has 0 radical (unpaired) electrons. The third kappa shape index (κ3) is 4.91. The van der Waals surface area contributed by atoms with E-state index >= 15 is 0 Å². The Bertz CT molecular complexity index is 547. The average molecular weight is 318 g/mol. The van der Waals surface area contributed by atoms with Gasteiger partial charge in [0.25, 0.3) is 0 Å². The first-order valence-corrected chi connectivity index (χ1v) is 8.39. The Morgan fingerprint density at radius 2 is 2.30 bits per heavy atom. The van der Waals surface area contributed by atoms with Gasteiger partial charge in [-0.25, -0.2) is 4.79 Å². The van der Waals surface area contributed by atoms with Gasteiger partial charge in [-0.15, -0.1) is 0 Å². The number of nitrogens with zero attached hydrogens (tertiary/aromatic N) is 3. The lowest BCUT2D eigenvalue weighted by Gasteiger charge is -2.34. The van der Waals surface area contributed by atoms with Crippen LogP contribution in [0.15, 0.2) is 18.3 Å². The van der Waals surface area contributed by atoms with E-state index in [-0.39, 0.29) is 12.1 Å². The number of likely N-dealkylation sites (N-methyl/N-ethyl adjacent to an activating group) is 1. The van der Waals surface area contributed by atoms with Crippen molar-refractivity contribution < 1.29 is 9.53 Å². The molecule has 1 N–H and O–H groups in total. The number of carbonyl (C=O) groups excluding carboxylic acids is 1. The number of carbonyl (C=O) groups is 1. The van der Waals surface area contributed by atoms with Crippen LogP contribution in [-0.4, -0.2) is 66.8 Å². The molecule has 1 aliphatic carbocycles. The van der Waals surface area contributed by atoms with Gasteiger partial charge in [0.05, 0.1) is 12.7 Å². The monoisotopic (exact) mass is 318 g/mol. The molecule has 0 spiro atoms. The highest BCUT2D eigenvalue weighted by Crippen LogP contribution is 2.29. The van der Waals surface area contributed by atoms with E-state index in [2.05, 4.69) is 22.2 Å². The zero-order valence-corrected chi connectivity index (χ0v) is 14.0. The van der Waals surface area contributed by atoms with Crippen molar-refractivity contribution in [2.45, 2.75) is 25.9 Å². The van der Waals surface area contributed by atoms with Crippen LogP contribution in [0.3, 0.4) is 0 Å². The van der Waals surface area contributed by atoms with Gasteiger partial charge in [0.2, 0.25) is 0 Å². The molecule has 1 aromatic rings. The second-order valence-corrected chi connectivity index (χ2v) is 6.72. The largest absolute Gasteiger partial charge is 0.373 e. The standard InChI is InChI=1S/C17H26N4O2/c1-13-9-15(5-6-18-13)19-17(22)21-7-8-23-16(12-21)11-20(2)10-14-3-4-14/h5-6,9,14,16H,3-4,7-8,10-12H2,1-2H3,(H,18,19,22)/t16-/m1/s1. The summed E-state index contributed by atoms with van der Waals surface area (Å²) in [5.41, 5.74) is 1.68. The molecule has 1 saturated heterocycles. The van der Waals surface area contributed by atoms with Crippen LogP contribution in [0.1, 0.15) is 18.5 Å². The maximum Gasteiger partial charge on any atom is 0.322 e. The van der Waals surface area contributed by atoms with Gasteiger partial charge in [-0.05, 0) is 44.9 Å². The maximum atomic E-state index is 12.4. The third-order valence-electron chi connectivity index (χ3n) is 4.36. The average Bonchev–Trinajstić information content (AvgIpc) is 3.31. The molecule has 3 rings (SSSR count). The predicted octanol–water partition coefficient (Wildman–Crippen LogP) is 1.96. The molecule has 2 amide bonds. The Kier molecular flexibility index (Phi) is 5.13. The summed E-state index contributed by atoms with van der Waals surface area (Å²) >= 11 is 0. The molecule has 6 heteroatoms. The number of hydrogen-bond donors (Lipinski definition) is 1. The molecule has 0 aromatic carbocycles. The predicted molar refractivity (Wildman–Crippen MR) is 89.5 cm³/mol. The quantitative estimate of drug-likeness (QED) is 0.902. The first-order chi connectivity index (χ1) is 11.1. The summed E-state index contributed by atoms with van der Waals surface area (Å²) in [4.78, 5) is 20.7. The lowest BCUT2D eigenvalue weighted by atomic mass is 10.2. The van der Waals surface area contributed by atoms with Crippen LogP contribution >= 0.6 is 0 Å². The molecule has 0 bridgehead atoms. The van der Waals surface area contributed by atoms with Crippen molar-refractivity contribution in [2.75, 3.05) is 45.2 Å². The van der Waals surface area contributed by atoms with Gasteiger partial charge >= 0.3 is 6.03 Å². The number of aromatic nitrogens is 1. The normalized spacial score (nSPS) is 21.5. The van der Waals surface area contributed by atoms with Gasteiger partial charge in [0.15, 0.2) is 0 Å². The molecule has 6 nitrogen and oxygen atoms in total. The van der Waals surface area contributed by atoms with Gasteiger partial charge < -0.3 is 19.9 Å². The molecular formula is C17H26N4O2. The van der Waals surface area contributed by atoms with Gasteiger partial charge in [0.1, 0.15) is 0 Å². The van der Waals surface area contributed by atoms with Crippen LogP contribution in [-0.2, 0) is 4.74 Å². The fourth-order valence-electron chi connectivity index (χ4n) is 3.00. The van der Waals surface area contributed by atoms with E-state index in [0.29, 0.717) is 19.7 Å². The lowest BCUT2D eigenvalue weighted by Crippen LogP contribution is -2.50. The highest BCUT2D eigenvalue weighted by atomic mass is 16.5. The number of amides is 2. The van der Waals surface area contributed by atoms with Crippen molar-refractivity contribution in [3.63, 3.8) is 0 Å². The topological polar surface area (TPSA) is 57.7 Å². The van der Waals surface area contributed by atoms with Gasteiger partial charge in [-0.1, -0.05) is 0 Å². The number of urea groups is 1. The molecule has 0 unspecified atom stereocenters. The fourth-order valence-corrected chi connectivity index (χ4v) is 3.00. The molecular weight excluding hydrogens is 292 g/mol. The number of anilines is 1. The van der Waals surface area contributed by atoms with E-state index in [1.807, 2.05) is 24.0 Å². The van der Waals surface area contributed by atoms with Crippen LogP contribution in [0, 0.1) is 12.8 Å².